The third kappa shape index (κ3) is 0.998. The second kappa shape index (κ2) is 2.63. The molecule has 0 amide bonds. The molecular formula is C10H10O2. The highest BCUT2D eigenvalue weighted by molar-refractivity contribution is 5.98. The topological polar surface area (TPSA) is 30.2 Å². The molecule has 62 valence electrons. The molecule has 0 aliphatic heterocycles. The fraction of sp³-hybridized carbons (Fsp3) is 0.300. The molecule has 1 unspecified atom stereocenters. The lowest BCUT2D eigenvalue weighted by Crippen LogP contribution is -1.96. The maximum atomic E-state index is 11.1. The van der Waals surface area contributed by atoms with Crippen molar-refractivity contribution >= 4 is 5.78 Å². The molecule has 0 spiro atoms. The Kier molecular flexibility index (Phi) is 1.61. The van der Waals surface area contributed by atoms with E-state index in [0.29, 0.717) is 12.0 Å². The van der Waals surface area contributed by atoms with Crippen molar-refractivity contribution in [2.24, 2.45) is 0 Å². The van der Waals surface area contributed by atoms with Crippen LogP contribution in [0.2, 0.25) is 0 Å². The van der Waals surface area contributed by atoms with Crippen molar-refractivity contribution in [3.63, 3.8) is 0 Å². The predicted molar refractivity (Wildman–Crippen MR) is 44.8 cm³/mol. The lowest BCUT2D eigenvalue weighted by atomic mass is 10.0. The van der Waals surface area contributed by atoms with Gasteiger partial charge in [0.2, 0.25) is 0 Å². The fourth-order valence-electron chi connectivity index (χ4n) is 1.61. The van der Waals surface area contributed by atoms with E-state index >= 15 is 0 Å². The van der Waals surface area contributed by atoms with E-state index in [4.69, 9.17) is 4.42 Å². The van der Waals surface area contributed by atoms with E-state index in [1.807, 2.05) is 12.1 Å². The van der Waals surface area contributed by atoms with Gasteiger partial charge in [-0.1, -0.05) is 6.58 Å². The van der Waals surface area contributed by atoms with Gasteiger partial charge in [0, 0.05) is 12.3 Å². The minimum Gasteiger partial charge on any atom is -0.469 e. The van der Waals surface area contributed by atoms with Crippen LogP contribution in [-0.4, -0.2) is 5.78 Å². The van der Waals surface area contributed by atoms with E-state index in [2.05, 4.69) is 6.58 Å². The monoisotopic (exact) mass is 162 g/mol. The summed E-state index contributed by atoms with van der Waals surface area (Å²) in [6.45, 7) is 3.76. The van der Waals surface area contributed by atoms with Crippen molar-refractivity contribution in [1.82, 2.24) is 0 Å². The van der Waals surface area contributed by atoms with Gasteiger partial charge in [-0.15, -0.1) is 0 Å². The van der Waals surface area contributed by atoms with Gasteiger partial charge in [-0.3, -0.25) is 4.79 Å². The van der Waals surface area contributed by atoms with Gasteiger partial charge in [-0.2, -0.15) is 0 Å². The summed E-state index contributed by atoms with van der Waals surface area (Å²) < 4.78 is 5.22. The molecule has 2 rings (SSSR count). The van der Waals surface area contributed by atoms with Crippen molar-refractivity contribution in [3.8, 4) is 0 Å². The summed E-state index contributed by atoms with van der Waals surface area (Å²) in [6, 6.07) is 3.74. The summed E-state index contributed by atoms with van der Waals surface area (Å²) in [5.41, 5.74) is 0.699. The number of allylic oxidation sites excluding steroid dienone is 1. The zero-order valence-electron chi connectivity index (χ0n) is 6.75. The number of ketones is 1. The van der Waals surface area contributed by atoms with Gasteiger partial charge in [-0.25, -0.2) is 0 Å². The molecule has 0 N–H and O–H groups in total. The van der Waals surface area contributed by atoms with Crippen molar-refractivity contribution < 1.29 is 9.21 Å². The van der Waals surface area contributed by atoms with Crippen molar-refractivity contribution in [2.45, 2.75) is 18.8 Å². The molecule has 2 nitrogen and oxygen atoms in total. The van der Waals surface area contributed by atoms with Crippen LogP contribution in [-0.2, 0) is 4.79 Å². The molecule has 0 aromatic carbocycles. The normalized spacial score (nSPS) is 23.5. The Morgan fingerprint density at radius 1 is 1.58 bits per heavy atom. The highest BCUT2D eigenvalue weighted by Gasteiger charge is 2.29. The molecule has 1 aliphatic rings. The Balaban J connectivity index is 2.27. The molecule has 1 aromatic rings. The second-order valence-corrected chi connectivity index (χ2v) is 3.06. The van der Waals surface area contributed by atoms with E-state index in [0.717, 1.165) is 12.2 Å². The zero-order chi connectivity index (χ0) is 8.55. The molecule has 1 heterocycles. The van der Waals surface area contributed by atoms with Crippen LogP contribution >= 0.6 is 0 Å². The van der Waals surface area contributed by atoms with E-state index in [9.17, 15) is 4.79 Å². The molecule has 1 saturated carbocycles. The first-order chi connectivity index (χ1) is 5.79. The minimum atomic E-state index is 0.132. The number of furan rings is 1. The van der Waals surface area contributed by atoms with Crippen molar-refractivity contribution in [3.05, 3.63) is 36.3 Å². The lowest BCUT2D eigenvalue weighted by Gasteiger charge is -2.04. The van der Waals surface area contributed by atoms with Gasteiger partial charge in [-0.05, 0) is 24.1 Å². The molecule has 1 atom stereocenters. The highest BCUT2D eigenvalue weighted by atomic mass is 16.3. The summed E-state index contributed by atoms with van der Waals surface area (Å²) in [7, 11) is 0. The van der Waals surface area contributed by atoms with Gasteiger partial charge < -0.3 is 4.42 Å². The van der Waals surface area contributed by atoms with Crippen LogP contribution < -0.4 is 0 Å². The molecule has 1 aliphatic carbocycles. The third-order valence-corrected chi connectivity index (χ3v) is 2.33. The molecule has 0 radical (unpaired) electrons. The smallest absolute Gasteiger partial charge is 0.159 e. The molecule has 0 bridgehead atoms. The van der Waals surface area contributed by atoms with Gasteiger partial charge in [0.1, 0.15) is 5.76 Å². The Hall–Kier alpha value is -1.31. The molecule has 2 heteroatoms. The predicted octanol–water partition coefficient (Wildman–Crippen LogP) is 2.28. The Morgan fingerprint density at radius 2 is 2.42 bits per heavy atom. The summed E-state index contributed by atoms with van der Waals surface area (Å²) in [6.07, 6.45) is 3.10. The quantitative estimate of drug-likeness (QED) is 0.593. The number of rotatable bonds is 1. The largest absolute Gasteiger partial charge is 0.469 e. The third-order valence-electron chi connectivity index (χ3n) is 2.33. The first-order valence-electron chi connectivity index (χ1n) is 4.04. The average molecular weight is 162 g/mol. The summed E-state index contributed by atoms with van der Waals surface area (Å²) in [4.78, 5) is 11.1. The molecular weight excluding hydrogens is 152 g/mol. The summed E-state index contributed by atoms with van der Waals surface area (Å²) in [5, 5.41) is 0. The first kappa shape index (κ1) is 7.35. The van der Waals surface area contributed by atoms with Crippen molar-refractivity contribution in [1.29, 1.82) is 0 Å². The van der Waals surface area contributed by atoms with Gasteiger partial charge in [0.05, 0.1) is 6.26 Å². The van der Waals surface area contributed by atoms with E-state index < -0.39 is 0 Å². The Bertz CT molecular complexity index is 309. The lowest BCUT2D eigenvalue weighted by molar-refractivity contribution is -0.114. The maximum Gasteiger partial charge on any atom is 0.159 e. The Labute approximate surface area is 70.9 Å². The zero-order valence-corrected chi connectivity index (χ0v) is 6.75. The van der Waals surface area contributed by atoms with Crippen LogP contribution in [0.25, 0.3) is 0 Å². The van der Waals surface area contributed by atoms with E-state index in [-0.39, 0.29) is 11.7 Å². The number of hydrogen-bond acceptors (Lipinski definition) is 2. The van der Waals surface area contributed by atoms with Gasteiger partial charge in [0.15, 0.2) is 5.78 Å². The number of carbonyl (C=O) groups is 1. The molecule has 12 heavy (non-hydrogen) atoms. The Morgan fingerprint density at radius 3 is 2.92 bits per heavy atom. The summed E-state index contributed by atoms with van der Waals surface area (Å²) in [5.74, 6) is 1.18. The van der Waals surface area contributed by atoms with Crippen LogP contribution in [0.4, 0.5) is 0 Å². The van der Waals surface area contributed by atoms with Crippen LogP contribution in [0.1, 0.15) is 24.5 Å². The second-order valence-electron chi connectivity index (χ2n) is 3.06. The number of hydrogen-bond donors (Lipinski definition) is 0. The number of carbonyl (C=O) groups excluding carboxylic acids is 1. The van der Waals surface area contributed by atoms with Crippen LogP contribution in [0.3, 0.4) is 0 Å². The van der Waals surface area contributed by atoms with E-state index in [1.54, 1.807) is 6.26 Å². The van der Waals surface area contributed by atoms with Crippen LogP contribution in [0.5, 0.6) is 0 Å². The SMILES string of the molecule is C=C1C(=O)CCC1c1ccco1. The highest BCUT2D eigenvalue weighted by Crippen LogP contribution is 2.35. The maximum absolute atomic E-state index is 11.1. The van der Waals surface area contributed by atoms with Crippen LogP contribution in [0, 0.1) is 0 Å². The van der Waals surface area contributed by atoms with E-state index in [1.165, 1.54) is 0 Å². The average Bonchev–Trinajstić information content (AvgIpc) is 2.64. The fourth-order valence-corrected chi connectivity index (χ4v) is 1.61. The molecule has 1 aromatic heterocycles. The summed E-state index contributed by atoms with van der Waals surface area (Å²) >= 11 is 0. The minimum absolute atomic E-state index is 0.132. The van der Waals surface area contributed by atoms with Crippen molar-refractivity contribution in [2.75, 3.05) is 0 Å². The van der Waals surface area contributed by atoms with Gasteiger partial charge in [0.25, 0.3) is 0 Å². The van der Waals surface area contributed by atoms with Crippen LogP contribution in [0.15, 0.2) is 35.0 Å². The first-order valence-corrected chi connectivity index (χ1v) is 4.04. The standard InChI is InChI=1S/C10H10O2/c1-7-8(4-5-9(7)11)10-3-2-6-12-10/h2-3,6,8H,1,4-5H2. The number of Topliss-reactive ketones (excluding diaryl/α,β-unsaturated/α-hetero) is 1. The molecule has 1 fully saturated rings. The van der Waals surface area contributed by atoms with Gasteiger partial charge >= 0.3 is 0 Å². The molecule has 0 saturated heterocycles.